The number of rotatable bonds is 8. The van der Waals surface area contributed by atoms with E-state index < -0.39 is 0 Å². The van der Waals surface area contributed by atoms with Crippen molar-refractivity contribution in [1.29, 1.82) is 0 Å². The van der Waals surface area contributed by atoms with Crippen LogP contribution in [-0.2, 0) is 5.41 Å². The second kappa shape index (κ2) is 11.8. The third kappa shape index (κ3) is 4.83. The molecule has 0 unspecified atom stereocenters. The van der Waals surface area contributed by atoms with Gasteiger partial charge < -0.3 is 0 Å². The molecule has 0 heterocycles. The number of hydrogen-bond acceptors (Lipinski definition) is 0. The van der Waals surface area contributed by atoms with E-state index >= 15 is 0 Å². The molecule has 0 heteroatoms. The van der Waals surface area contributed by atoms with E-state index in [1.165, 1.54) is 44.5 Å². The summed E-state index contributed by atoms with van der Waals surface area (Å²) in [6.45, 7) is 2.47. The van der Waals surface area contributed by atoms with Crippen molar-refractivity contribution < 1.29 is 0 Å². The van der Waals surface area contributed by atoms with Crippen molar-refractivity contribution in [2.45, 2.75) is 12.3 Å². The summed E-state index contributed by atoms with van der Waals surface area (Å²) in [7, 11) is 0. The summed E-state index contributed by atoms with van der Waals surface area (Å²) in [6, 6.07) is 65.7. The highest BCUT2D eigenvalue weighted by Gasteiger charge is 2.73. The molecular weight excluding hydrogens is 528 g/mol. The van der Waals surface area contributed by atoms with Crippen LogP contribution in [0, 0.1) is 11.3 Å². The fourth-order valence-electron chi connectivity index (χ4n) is 7.36. The molecule has 0 bridgehead atoms. The lowest BCUT2D eigenvalue weighted by Crippen LogP contribution is -2.18. The van der Waals surface area contributed by atoms with E-state index in [1.54, 1.807) is 0 Å². The lowest BCUT2D eigenvalue weighted by Gasteiger charge is -2.24. The van der Waals surface area contributed by atoms with Crippen LogP contribution < -0.4 is 0 Å². The van der Waals surface area contributed by atoms with Gasteiger partial charge in [0, 0.05) is 16.7 Å². The van der Waals surface area contributed by atoms with Crippen molar-refractivity contribution in [2.75, 3.05) is 0 Å². The van der Waals surface area contributed by atoms with E-state index in [2.05, 4.69) is 201 Å². The van der Waals surface area contributed by atoms with E-state index in [9.17, 15) is 0 Å². The molecule has 0 aromatic heterocycles. The first-order valence-corrected chi connectivity index (χ1v) is 15.5. The van der Waals surface area contributed by atoms with Crippen molar-refractivity contribution in [3.63, 3.8) is 0 Å². The number of benzene rings is 6. The molecule has 0 amide bonds. The van der Waals surface area contributed by atoms with Crippen LogP contribution in [0.25, 0.3) is 11.1 Å². The van der Waals surface area contributed by atoms with Crippen LogP contribution in [0.4, 0.5) is 0 Å². The largest absolute Gasteiger partial charge is 0.0708 e. The maximum absolute atomic E-state index is 2.58. The topological polar surface area (TPSA) is 0 Å². The Morgan fingerprint density at radius 2 is 0.705 bits per heavy atom. The van der Waals surface area contributed by atoms with E-state index in [0.29, 0.717) is 0 Å². The van der Waals surface area contributed by atoms with E-state index in [4.69, 9.17) is 0 Å². The zero-order valence-electron chi connectivity index (χ0n) is 25.1. The van der Waals surface area contributed by atoms with Gasteiger partial charge in [0.1, 0.15) is 0 Å². The Balaban J connectivity index is 1.53. The van der Waals surface area contributed by atoms with Crippen molar-refractivity contribution in [3.8, 4) is 0 Å². The SMILES string of the molecule is C[C@@]1(C=C(c2ccccc2)c2ccccc2)[C@@H](C=C(c2ccccc2)c2ccccc2)C1(c1ccccc1)c1ccccc1. The van der Waals surface area contributed by atoms with Gasteiger partial charge in [-0.15, -0.1) is 0 Å². The van der Waals surface area contributed by atoms with Crippen LogP contribution >= 0.6 is 0 Å². The zero-order chi connectivity index (χ0) is 29.8. The number of hydrogen-bond donors (Lipinski definition) is 0. The third-order valence-electron chi connectivity index (χ3n) is 9.45. The summed E-state index contributed by atoms with van der Waals surface area (Å²) in [4.78, 5) is 0. The first kappa shape index (κ1) is 27.6. The molecule has 0 N–H and O–H groups in total. The van der Waals surface area contributed by atoms with Crippen LogP contribution in [0.1, 0.15) is 40.3 Å². The molecule has 0 radical (unpaired) electrons. The van der Waals surface area contributed by atoms with Crippen LogP contribution in [0.15, 0.2) is 194 Å². The minimum absolute atomic E-state index is 0.192. The molecule has 1 saturated carbocycles. The quantitative estimate of drug-likeness (QED) is 0.172. The summed E-state index contributed by atoms with van der Waals surface area (Å²) in [5, 5.41) is 0. The molecule has 1 aliphatic rings. The third-order valence-corrected chi connectivity index (χ3v) is 9.45. The van der Waals surface area contributed by atoms with Crippen LogP contribution in [-0.4, -0.2) is 0 Å². The number of allylic oxidation sites excluding steroid dienone is 2. The smallest absolute Gasteiger partial charge is 0.0368 e. The van der Waals surface area contributed by atoms with E-state index in [1.807, 2.05) is 0 Å². The van der Waals surface area contributed by atoms with Gasteiger partial charge in [0.25, 0.3) is 0 Å². The van der Waals surface area contributed by atoms with E-state index in [-0.39, 0.29) is 16.7 Å². The Kier molecular flexibility index (Phi) is 7.42. The normalized spacial score (nSPS) is 18.2. The average Bonchev–Trinajstić information content (AvgIpc) is 3.65. The maximum Gasteiger partial charge on any atom is 0.0368 e. The Hall–Kier alpha value is -5.20. The molecule has 212 valence electrons. The molecule has 0 spiro atoms. The van der Waals surface area contributed by atoms with Crippen molar-refractivity contribution in [3.05, 3.63) is 228 Å². The Morgan fingerprint density at radius 1 is 0.409 bits per heavy atom. The van der Waals surface area contributed by atoms with Gasteiger partial charge in [0.05, 0.1) is 0 Å². The average molecular weight is 565 g/mol. The van der Waals surface area contributed by atoms with Gasteiger partial charge in [-0.3, -0.25) is 0 Å². The Morgan fingerprint density at radius 3 is 1.05 bits per heavy atom. The molecule has 0 aliphatic heterocycles. The fourth-order valence-corrected chi connectivity index (χ4v) is 7.36. The molecule has 7 rings (SSSR count). The molecule has 44 heavy (non-hydrogen) atoms. The van der Waals surface area contributed by atoms with E-state index in [0.717, 1.165) is 0 Å². The Bertz CT molecular complexity index is 1750. The Labute approximate surface area is 261 Å². The van der Waals surface area contributed by atoms with Gasteiger partial charge in [-0.1, -0.05) is 201 Å². The summed E-state index contributed by atoms with van der Waals surface area (Å²) in [6.07, 6.45) is 5.14. The van der Waals surface area contributed by atoms with Crippen molar-refractivity contribution >= 4 is 11.1 Å². The van der Waals surface area contributed by atoms with Gasteiger partial charge in [0.2, 0.25) is 0 Å². The van der Waals surface area contributed by atoms with Gasteiger partial charge in [0.15, 0.2) is 0 Å². The summed E-state index contributed by atoms with van der Waals surface area (Å²) in [5.41, 5.74) is 9.65. The summed E-state index contributed by atoms with van der Waals surface area (Å²) >= 11 is 0. The molecule has 2 atom stereocenters. The second-order valence-corrected chi connectivity index (χ2v) is 11.9. The predicted molar refractivity (Wildman–Crippen MR) is 185 cm³/mol. The highest BCUT2D eigenvalue weighted by atomic mass is 14.7. The highest BCUT2D eigenvalue weighted by Crippen LogP contribution is 2.75. The van der Waals surface area contributed by atoms with Gasteiger partial charge in [-0.25, -0.2) is 0 Å². The van der Waals surface area contributed by atoms with Gasteiger partial charge in [-0.05, 0) is 44.5 Å². The fraction of sp³-hybridized carbons (Fsp3) is 0.0909. The molecule has 0 nitrogen and oxygen atoms in total. The molecule has 6 aromatic rings. The molecule has 1 aliphatic carbocycles. The van der Waals surface area contributed by atoms with Gasteiger partial charge >= 0.3 is 0 Å². The van der Waals surface area contributed by atoms with Crippen LogP contribution in [0.3, 0.4) is 0 Å². The van der Waals surface area contributed by atoms with Crippen molar-refractivity contribution in [1.82, 2.24) is 0 Å². The molecular formula is C44H36. The zero-order valence-corrected chi connectivity index (χ0v) is 25.1. The molecule has 0 saturated heterocycles. The lowest BCUT2D eigenvalue weighted by atomic mass is 9.79. The first-order valence-electron chi connectivity index (χ1n) is 15.5. The molecule has 1 fully saturated rings. The van der Waals surface area contributed by atoms with Crippen LogP contribution in [0.5, 0.6) is 0 Å². The molecule has 6 aromatic carbocycles. The summed E-state index contributed by atoms with van der Waals surface area (Å²) < 4.78 is 0. The summed E-state index contributed by atoms with van der Waals surface area (Å²) in [5.74, 6) is 0.192. The van der Waals surface area contributed by atoms with Crippen LogP contribution in [0.2, 0.25) is 0 Å². The standard InChI is InChI=1S/C44H36/c1-43(33-41(36-24-12-4-13-25-36)37-26-14-5-15-27-37)42(32-40(34-20-8-2-9-21-34)35-22-10-3-11-23-35)44(43,38-28-16-6-17-29-38)39-30-18-7-19-31-39/h2-33,42H,1H3/t42-,43-/m1/s1. The minimum Gasteiger partial charge on any atom is -0.0708 e. The monoisotopic (exact) mass is 564 g/mol. The van der Waals surface area contributed by atoms with Crippen molar-refractivity contribution in [2.24, 2.45) is 11.3 Å². The lowest BCUT2D eigenvalue weighted by molar-refractivity contribution is 0.617. The first-order chi connectivity index (χ1) is 21.7. The predicted octanol–water partition coefficient (Wildman–Crippen LogP) is 10.9. The maximum atomic E-state index is 2.58. The highest BCUT2D eigenvalue weighted by molar-refractivity contribution is 5.84. The minimum atomic E-state index is -0.265. The second-order valence-electron chi connectivity index (χ2n) is 11.9. The van der Waals surface area contributed by atoms with Gasteiger partial charge in [-0.2, -0.15) is 0 Å².